The fourth-order valence-corrected chi connectivity index (χ4v) is 5.00. The fourth-order valence-electron chi connectivity index (χ4n) is 3.74. The van der Waals surface area contributed by atoms with Gasteiger partial charge in [0.2, 0.25) is 0 Å². The molecule has 4 aromatic rings. The Bertz CT molecular complexity index is 1710. The summed E-state index contributed by atoms with van der Waals surface area (Å²) in [6.07, 6.45) is 0. The minimum Gasteiger partial charge on any atom is -0.870 e. The maximum Gasteiger partial charge on any atom is 1.00 e. The number of nitrogens with zero attached hydrogens (tertiary/aromatic N) is 2. The summed E-state index contributed by atoms with van der Waals surface area (Å²) < 4.78 is 38.5. The number of amides is 1. The second-order valence-electron chi connectivity index (χ2n) is 8.05. The summed E-state index contributed by atoms with van der Waals surface area (Å²) in [5.41, 5.74) is 0.0447. The van der Waals surface area contributed by atoms with E-state index in [1.807, 2.05) is 0 Å². The van der Waals surface area contributed by atoms with Crippen LogP contribution in [0.2, 0.25) is 10.0 Å². The zero-order valence-electron chi connectivity index (χ0n) is 21.0. The van der Waals surface area contributed by atoms with Crippen molar-refractivity contribution < 1.29 is 57.2 Å². The second kappa shape index (κ2) is 12.6. The molecule has 0 aromatic heterocycles. The summed E-state index contributed by atoms with van der Waals surface area (Å²) in [5, 5.41) is 25.4. The number of halogens is 2. The maximum atomic E-state index is 13.4. The van der Waals surface area contributed by atoms with E-state index in [2.05, 4.69) is 15.5 Å². The maximum absolute atomic E-state index is 13.4. The molecule has 1 amide bonds. The molecule has 0 saturated heterocycles. The Balaban J connectivity index is 0.00000420. The van der Waals surface area contributed by atoms with Crippen LogP contribution >= 0.6 is 23.2 Å². The minimum atomic E-state index is -4.58. The molecule has 9 nitrogen and oxygen atoms in total. The number of rotatable bonds is 7. The van der Waals surface area contributed by atoms with E-state index in [9.17, 15) is 22.9 Å². The zero-order chi connectivity index (χ0) is 27.6. The average molecular weight is 596 g/mol. The van der Waals surface area contributed by atoms with Crippen molar-refractivity contribution in [3.63, 3.8) is 0 Å². The van der Waals surface area contributed by atoms with Crippen molar-refractivity contribution in [1.29, 1.82) is 0 Å². The molecule has 0 bridgehead atoms. The number of benzene rings is 4. The van der Waals surface area contributed by atoms with Crippen LogP contribution in [0.1, 0.15) is 22.8 Å². The molecule has 0 atom stereocenters. The monoisotopic (exact) mass is 595 g/mol. The number of para-hydroxylation sites is 1. The van der Waals surface area contributed by atoms with Gasteiger partial charge in [0.25, 0.3) is 16.0 Å². The number of carbonyl (C=O) groups excluding carboxylic acids is 1. The number of fused-ring (bicyclic) bond motifs is 1. The van der Waals surface area contributed by atoms with Gasteiger partial charge < -0.3 is 15.2 Å². The third-order valence-corrected chi connectivity index (χ3v) is 7.22. The first-order valence-electron chi connectivity index (χ1n) is 11.2. The number of hydrogen-bond donors (Lipinski definition) is 2. The first-order chi connectivity index (χ1) is 18.0. The van der Waals surface area contributed by atoms with Gasteiger partial charge in [-0.3, -0.25) is 9.35 Å². The van der Waals surface area contributed by atoms with Crippen LogP contribution in [0.15, 0.2) is 75.8 Å². The quantitative estimate of drug-likeness (QED) is 0.189. The Kier molecular flexibility index (Phi) is 10.0. The number of hydrogen-bond acceptors (Lipinski definition) is 7. The Labute approximate surface area is 256 Å². The van der Waals surface area contributed by atoms with Crippen LogP contribution in [0.5, 0.6) is 11.5 Å². The molecule has 0 aliphatic heterocycles. The summed E-state index contributed by atoms with van der Waals surface area (Å²) >= 11 is 12.3. The molecular weight excluding hydrogens is 576 g/mol. The number of anilines is 1. The van der Waals surface area contributed by atoms with E-state index >= 15 is 0 Å². The van der Waals surface area contributed by atoms with Crippen LogP contribution in [0.25, 0.3) is 10.8 Å². The first kappa shape index (κ1) is 30.8. The van der Waals surface area contributed by atoms with Gasteiger partial charge in [0.1, 0.15) is 4.90 Å². The van der Waals surface area contributed by atoms with Crippen molar-refractivity contribution in [2.75, 3.05) is 11.9 Å². The third kappa shape index (κ3) is 6.72. The smallest absolute Gasteiger partial charge is 0.870 e. The van der Waals surface area contributed by atoms with Crippen molar-refractivity contribution in [3.8, 4) is 11.5 Å². The molecule has 0 fully saturated rings. The molecule has 196 valence electrons. The van der Waals surface area contributed by atoms with Gasteiger partial charge in [-0.1, -0.05) is 59.3 Å². The van der Waals surface area contributed by atoms with E-state index in [-0.39, 0.29) is 68.5 Å². The second-order valence-corrected chi connectivity index (χ2v) is 10.3. The van der Waals surface area contributed by atoms with E-state index in [1.165, 1.54) is 19.1 Å². The van der Waals surface area contributed by atoms with Crippen molar-refractivity contribution in [3.05, 3.63) is 81.8 Å². The third-order valence-electron chi connectivity index (χ3n) is 5.55. The van der Waals surface area contributed by atoms with Crippen LogP contribution in [0.3, 0.4) is 0 Å². The molecule has 0 aliphatic carbocycles. The standard InChI is InChI=1S/C26H21Cl2N3O6S.Na/c1-3-37-25-19(27)9-6-10-21(25)29-26(33)18-11-15-7-4-5-8-17(15)23(24(18)32)31-30-16-12-20(28)14(2)22(13-16)38(34,35)36;/h4-13,32H,3H2,1-2H3,(H,29,33)(H,34,35,36);/q;+1/p-1. The predicted octanol–water partition coefficient (Wildman–Crippen LogP) is 3.85. The van der Waals surface area contributed by atoms with Crippen molar-refractivity contribution in [2.24, 2.45) is 10.2 Å². The SMILES string of the molecule is CCOc1c(Cl)cccc1NC(=O)c1cc2ccccc2c(N=Nc2cc(Cl)c(C)c(S(=O)(=O)O)c2)c1[O-].[Na+]. The van der Waals surface area contributed by atoms with Gasteiger partial charge in [-0.25, -0.2) is 0 Å². The molecule has 2 N–H and O–H groups in total. The van der Waals surface area contributed by atoms with Crippen molar-refractivity contribution in [1.82, 2.24) is 0 Å². The normalized spacial score (nSPS) is 11.4. The Morgan fingerprint density at radius 1 is 1.05 bits per heavy atom. The Hall–Kier alpha value is -2.70. The number of carbonyl (C=O) groups is 1. The molecule has 39 heavy (non-hydrogen) atoms. The van der Waals surface area contributed by atoms with Crippen LogP contribution in [-0.4, -0.2) is 25.5 Å². The molecule has 4 rings (SSSR count). The molecular formula is C26H20Cl2N3NaO6S. The van der Waals surface area contributed by atoms with E-state index in [0.29, 0.717) is 22.4 Å². The van der Waals surface area contributed by atoms with Crippen LogP contribution in [-0.2, 0) is 10.1 Å². The molecule has 13 heteroatoms. The Morgan fingerprint density at radius 2 is 1.77 bits per heavy atom. The van der Waals surface area contributed by atoms with E-state index in [0.717, 1.165) is 6.07 Å². The summed E-state index contributed by atoms with van der Waals surface area (Å²) in [6, 6.07) is 15.5. The van der Waals surface area contributed by atoms with Gasteiger partial charge in [0.05, 0.1) is 28.7 Å². The van der Waals surface area contributed by atoms with Crippen LogP contribution < -0.4 is 44.7 Å². The van der Waals surface area contributed by atoms with Gasteiger partial charge in [0.15, 0.2) is 5.75 Å². The largest absolute Gasteiger partial charge is 1.00 e. The summed E-state index contributed by atoms with van der Waals surface area (Å²) in [4.78, 5) is 12.8. The number of nitrogens with one attached hydrogen (secondary N) is 1. The van der Waals surface area contributed by atoms with E-state index in [1.54, 1.807) is 49.4 Å². The summed E-state index contributed by atoms with van der Waals surface area (Å²) in [7, 11) is -4.58. The fraction of sp³-hybridized carbons (Fsp3) is 0.115. The molecule has 0 unspecified atom stereocenters. The first-order valence-corrected chi connectivity index (χ1v) is 13.4. The van der Waals surface area contributed by atoms with E-state index in [4.69, 9.17) is 27.9 Å². The van der Waals surface area contributed by atoms with Gasteiger partial charge in [0, 0.05) is 16.0 Å². The summed E-state index contributed by atoms with van der Waals surface area (Å²) in [5.74, 6) is -1.16. The number of ether oxygens (including phenoxy) is 1. The minimum absolute atomic E-state index is 0. The predicted molar refractivity (Wildman–Crippen MR) is 144 cm³/mol. The van der Waals surface area contributed by atoms with E-state index < -0.39 is 26.7 Å². The van der Waals surface area contributed by atoms with Gasteiger partial charge in [-0.15, -0.1) is 0 Å². The molecule has 0 heterocycles. The van der Waals surface area contributed by atoms with Gasteiger partial charge in [-0.05, 0) is 55.1 Å². The van der Waals surface area contributed by atoms with Crippen LogP contribution in [0, 0.1) is 6.92 Å². The molecule has 4 aromatic carbocycles. The molecule has 0 saturated carbocycles. The Morgan fingerprint density at radius 3 is 2.46 bits per heavy atom. The molecule has 0 radical (unpaired) electrons. The molecule has 0 spiro atoms. The molecule has 0 aliphatic rings. The topological polar surface area (TPSA) is 140 Å². The van der Waals surface area contributed by atoms with Crippen LogP contribution in [0.4, 0.5) is 17.1 Å². The van der Waals surface area contributed by atoms with Gasteiger partial charge >= 0.3 is 29.6 Å². The average Bonchev–Trinajstić information content (AvgIpc) is 2.86. The number of azo groups is 1. The van der Waals surface area contributed by atoms with Crippen molar-refractivity contribution >= 4 is 67.1 Å². The summed E-state index contributed by atoms with van der Waals surface area (Å²) in [6.45, 7) is 3.50. The van der Waals surface area contributed by atoms with Crippen molar-refractivity contribution in [2.45, 2.75) is 18.7 Å². The van der Waals surface area contributed by atoms with Gasteiger partial charge in [-0.2, -0.15) is 18.6 Å². The zero-order valence-corrected chi connectivity index (χ0v) is 25.4.